The molecule has 0 radical (unpaired) electrons. The second-order valence-corrected chi connectivity index (χ2v) is 9.56. The molecule has 0 spiro atoms. The lowest BCUT2D eigenvalue weighted by Crippen LogP contribution is -2.50. The predicted octanol–water partition coefficient (Wildman–Crippen LogP) is 3.17. The van der Waals surface area contributed by atoms with E-state index in [4.69, 9.17) is 0 Å². The zero-order valence-corrected chi connectivity index (χ0v) is 19.1. The average molecular weight is 438 g/mol. The fourth-order valence-corrected chi connectivity index (χ4v) is 3.97. The molecule has 5 nitrogen and oxygen atoms in total. The molecule has 0 saturated carbocycles. The van der Waals surface area contributed by atoms with Crippen LogP contribution in [0.2, 0.25) is 0 Å². The molecule has 1 aromatic carbocycles. The van der Waals surface area contributed by atoms with Gasteiger partial charge in [-0.3, -0.25) is 9.89 Å². The molecule has 1 heterocycles. The average Bonchev–Trinajstić information content (AvgIpc) is 2.61. The summed E-state index contributed by atoms with van der Waals surface area (Å²) in [5.41, 5.74) is 1.58. The molecule has 6 heteroatoms. The Bertz CT molecular complexity index is 589. The van der Waals surface area contributed by atoms with Gasteiger partial charge in [0, 0.05) is 50.3 Å². The van der Waals surface area contributed by atoms with Crippen LogP contribution in [0.3, 0.4) is 0 Å². The van der Waals surface area contributed by atoms with E-state index in [9.17, 15) is 0 Å². The number of guanidine groups is 1. The first-order valence-electron chi connectivity index (χ1n) is 9.86. The summed E-state index contributed by atoms with van der Waals surface area (Å²) < 4.78 is 1.14. The van der Waals surface area contributed by atoms with Gasteiger partial charge in [0.25, 0.3) is 0 Å². The maximum Gasteiger partial charge on any atom is 0.191 e. The molecule has 2 N–H and O–H groups in total. The van der Waals surface area contributed by atoms with Gasteiger partial charge >= 0.3 is 0 Å². The number of nitrogens with one attached hydrogen (secondary N) is 2. The van der Waals surface area contributed by atoms with Crippen molar-refractivity contribution in [2.45, 2.75) is 39.3 Å². The minimum atomic E-state index is 0.204. The minimum Gasteiger partial charge on any atom is -0.356 e. The minimum absolute atomic E-state index is 0.204. The molecule has 0 bridgehead atoms. The predicted molar refractivity (Wildman–Crippen MR) is 119 cm³/mol. The Balaban J connectivity index is 1.74. The molecule has 0 atom stereocenters. The quantitative estimate of drug-likeness (QED) is 0.507. The van der Waals surface area contributed by atoms with Gasteiger partial charge in [0.2, 0.25) is 0 Å². The summed E-state index contributed by atoms with van der Waals surface area (Å²) in [4.78, 5) is 9.20. The number of likely N-dealkylation sites (tertiary alicyclic amines) is 1. The third-order valence-electron chi connectivity index (χ3n) is 4.95. The van der Waals surface area contributed by atoms with Crippen LogP contribution in [0, 0.1) is 5.41 Å². The van der Waals surface area contributed by atoms with E-state index >= 15 is 0 Å². The molecule has 2 rings (SSSR count). The van der Waals surface area contributed by atoms with E-state index in [1.165, 1.54) is 5.56 Å². The number of halogens is 1. The summed E-state index contributed by atoms with van der Waals surface area (Å²) in [6.45, 7) is 9.81. The van der Waals surface area contributed by atoms with Crippen molar-refractivity contribution < 1.29 is 0 Å². The van der Waals surface area contributed by atoms with E-state index in [0.29, 0.717) is 6.04 Å². The lowest BCUT2D eigenvalue weighted by Gasteiger charge is -2.34. The summed E-state index contributed by atoms with van der Waals surface area (Å²) in [7, 11) is 6.10. The molecule has 1 aliphatic heterocycles. The fourth-order valence-electron chi connectivity index (χ4n) is 3.71. The lowest BCUT2D eigenvalue weighted by atomic mass is 9.93. The lowest BCUT2D eigenvalue weighted by molar-refractivity contribution is 0.198. The van der Waals surface area contributed by atoms with Gasteiger partial charge in [-0.2, -0.15) is 0 Å². The highest BCUT2D eigenvalue weighted by atomic mass is 79.9. The van der Waals surface area contributed by atoms with Gasteiger partial charge in [-0.05, 0) is 50.0 Å². The van der Waals surface area contributed by atoms with Crippen molar-refractivity contribution >= 4 is 21.9 Å². The second-order valence-electron chi connectivity index (χ2n) is 8.65. The Morgan fingerprint density at radius 3 is 2.41 bits per heavy atom. The van der Waals surface area contributed by atoms with E-state index < -0.39 is 0 Å². The Hall–Kier alpha value is -1.11. The Morgan fingerprint density at radius 1 is 1.22 bits per heavy atom. The van der Waals surface area contributed by atoms with Crippen LogP contribution >= 0.6 is 15.9 Å². The molecule has 0 aliphatic carbocycles. The first-order chi connectivity index (χ1) is 12.8. The van der Waals surface area contributed by atoms with Crippen molar-refractivity contribution in [2.75, 3.05) is 47.3 Å². The zero-order chi connectivity index (χ0) is 19.9. The number of hydrogen-bond donors (Lipinski definition) is 2. The standard InChI is InChI=1S/C21H36BrN5/c1-21(2,16-26(4)5)15-24-20(23-3)25-19-10-12-27(13-11-19)14-17-6-8-18(22)9-7-17/h6-9,19H,10-16H2,1-5H3,(H2,23,24,25). The Kier molecular flexibility index (Phi) is 8.58. The van der Waals surface area contributed by atoms with Gasteiger partial charge in [-0.1, -0.05) is 41.9 Å². The maximum absolute atomic E-state index is 4.42. The van der Waals surface area contributed by atoms with Gasteiger partial charge in [-0.15, -0.1) is 0 Å². The largest absolute Gasteiger partial charge is 0.356 e. The van der Waals surface area contributed by atoms with E-state index in [1.807, 2.05) is 7.05 Å². The summed E-state index contributed by atoms with van der Waals surface area (Å²) in [5.74, 6) is 0.924. The van der Waals surface area contributed by atoms with Crippen molar-refractivity contribution in [3.05, 3.63) is 34.3 Å². The van der Waals surface area contributed by atoms with Crippen LogP contribution in [0.15, 0.2) is 33.7 Å². The summed E-state index contributed by atoms with van der Waals surface area (Å²) in [5, 5.41) is 7.13. The van der Waals surface area contributed by atoms with Crippen LogP contribution in [0.25, 0.3) is 0 Å². The van der Waals surface area contributed by atoms with Gasteiger partial charge in [0.15, 0.2) is 5.96 Å². The van der Waals surface area contributed by atoms with Crippen LogP contribution in [0.5, 0.6) is 0 Å². The first kappa shape index (κ1) is 22.2. The third kappa shape index (κ3) is 8.20. The first-order valence-corrected chi connectivity index (χ1v) is 10.7. The molecule has 0 amide bonds. The van der Waals surface area contributed by atoms with Crippen molar-refractivity contribution in [3.63, 3.8) is 0 Å². The fraction of sp³-hybridized carbons (Fsp3) is 0.667. The molecule has 27 heavy (non-hydrogen) atoms. The highest BCUT2D eigenvalue weighted by Gasteiger charge is 2.22. The molecule has 1 aromatic rings. The summed E-state index contributed by atoms with van der Waals surface area (Å²) in [6, 6.07) is 9.15. The van der Waals surface area contributed by atoms with E-state index in [-0.39, 0.29) is 5.41 Å². The number of rotatable bonds is 7. The molecule has 1 aliphatic rings. The summed E-state index contributed by atoms with van der Waals surface area (Å²) in [6.07, 6.45) is 2.30. The maximum atomic E-state index is 4.42. The summed E-state index contributed by atoms with van der Waals surface area (Å²) >= 11 is 3.50. The van der Waals surface area contributed by atoms with Crippen molar-refractivity contribution in [2.24, 2.45) is 10.4 Å². The Morgan fingerprint density at radius 2 is 1.85 bits per heavy atom. The van der Waals surface area contributed by atoms with Crippen molar-refractivity contribution in [1.82, 2.24) is 20.4 Å². The van der Waals surface area contributed by atoms with Crippen LogP contribution in [-0.4, -0.2) is 69.1 Å². The molecule has 0 unspecified atom stereocenters. The van der Waals surface area contributed by atoms with E-state index in [2.05, 4.69) is 93.6 Å². The van der Waals surface area contributed by atoms with Gasteiger partial charge in [0.05, 0.1) is 0 Å². The van der Waals surface area contributed by atoms with Crippen molar-refractivity contribution in [1.29, 1.82) is 0 Å². The van der Waals surface area contributed by atoms with Crippen LogP contribution in [0.1, 0.15) is 32.3 Å². The number of piperidine rings is 1. The van der Waals surface area contributed by atoms with Gasteiger partial charge in [-0.25, -0.2) is 0 Å². The second kappa shape index (κ2) is 10.4. The molecular formula is C21H36BrN5. The van der Waals surface area contributed by atoms with Crippen LogP contribution < -0.4 is 10.6 Å². The van der Waals surface area contributed by atoms with Crippen molar-refractivity contribution in [3.8, 4) is 0 Å². The van der Waals surface area contributed by atoms with Gasteiger partial charge in [0.1, 0.15) is 0 Å². The molecular weight excluding hydrogens is 402 g/mol. The number of benzene rings is 1. The Labute approximate surface area is 173 Å². The highest BCUT2D eigenvalue weighted by Crippen LogP contribution is 2.17. The number of nitrogens with zero attached hydrogens (tertiary/aromatic N) is 3. The molecule has 1 fully saturated rings. The van der Waals surface area contributed by atoms with Crippen LogP contribution in [-0.2, 0) is 6.54 Å². The van der Waals surface area contributed by atoms with E-state index in [0.717, 1.165) is 56.0 Å². The smallest absolute Gasteiger partial charge is 0.191 e. The molecule has 1 saturated heterocycles. The molecule has 0 aromatic heterocycles. The third-order valence-corrected chi connectivity index (χ3v) is 5.48. The highest BCUT2D eigenvalue weighted by molar-refractivity contribution is 9.10. The van der Waals surface area contributed by atoms with E-state index in [1.54, 1.807) is 0 Å². The van der Waals surface area contributed by atoms with Crippen LogP contribution in [0.4, 0.5) is 0 Å². The van der Waals surface area contributed by atoms with Gasteiger partial charge < -0.3 is 15.5 Å². The number of hydrogen-bond acceptors (Lipinski definition) is 3. The normalized spacial score (nSPS) is 17.4. The SMILES string of the molecule is CN=C(NCC(C)(C)CN(C)C)NC1CCN(Cc2ccc(Br)cc2)CC1. The topological polar surface area (TPSA) is 42.9 Å². The number of aliphatic imine (C=N–C) groups is 1. The zero-order valence-electron chi connectivity index (χ0n) is 17.6. The monoisotopic (exact) mass is 437 g/mol. The molecule has 152 valence electrons.